The van der Waals surface area contributed by atoms with E-state index in [0.29, 0.717) is 12.4 Å². The number of hydrogen-bond acceptors (Lipinski definition) is 3. The first-order valence-electron chi connectivity index (χ1n) is 7.31. The minimum Gasteiger partial charge on any atom is -0.494 e. The van der Waals surface area contributed by atoms with Crippen LogP contribution in [-0.2, 0) is 10.3 Å². The molecule has 1 N–H and O–H groups in total. The van der Waals surface area contributed by atoms with Gasteiger partial charge in [-0.15, -0.1) is 0 Å². The number of carbonyl (C=O) groups is 1. The molecule has 110 valence electrons. The monoisotopic (exact) mass is 277 g/mol. The van der Waals surface area contributed by atoms with E-state index in [1.807, 2.05) is 31.2 Å². The average Bonchev–Trinajstić information content (AvgIpc) is 2.48. The van der Waals surface area contributed by atoms with Gasteiger partial charge in [0.15, 0.2) is 0 Å². The summed E-state index contributed by atoms with van der Waals surface area (Å²) in [5.41, 5.74) is -0.275. The van der Waals surface area contributed by atoms with Gasteiger partial charge >= 0.3 is 5.97 Å². The highest BCUT2D eigenvalue weighted by molar-refractivity contribution is 5.81. The van der Waals surface area contributed by atoms with Crippen molar-refractivity contribution in [2.45, 2.75) is 38.6 Å². The summed E-state index contributed by atoms with van der Waals surface area (Å²) in [6.45, 7) is 5.88. The van der Waals surface area contributed by atoms with Crippen LogP contribution < -0.4 is 4.74 Å². The van der Waals surface area contributed by atoms with Gasteiger partial charge in [-0.2, -0.15) is 0 Å². The highest BCUT2D eigenvalue weighted by Crippen LogP contribution is 2.36. The predicted octanol–water partition coefficient (Wildman–Crippen LogP) is 2.87. The van der Waals surface area contributed by atoms with Crippen LogP contribution in [0.2, 0.25) is 0 Å². The van der Waals surface area contributed by atoms with Crippen LogP contribution in [0.3, 0.4) is 0 Å². The van der Waals surface area contributed by atoms with Crippen molar-refractivity contribution in [3.63, 3.8) is 0 Å². The maximum Gasteiger partial charge on any atom is 0.328 e. The fourth-order valence-electron chi connectivity index (χ4n) is 2.91. The Morgan fingerprint density at radius 2 is 1.95 bits per heavy atom. The molecule has 1 aliphatic heterocycles. The summed E-state index contributed by atoms with van der Waals surface area (Å²) in [5, 5.41) is 9.83. The Balaban J connectivity index is 2.44. The average molecular weight is 277 g/mol. The van der Waals surface area contributed by atoms with E-state index in [1.165, 1.54) is 6.42 Å². The summed E-state index contributed by atoms with van der Waals surface area (Å²) in [5.74, 6) is -0.142. The molecule has 0 aliphatic carbocycles. The molecular formula is C16H23NO3. The van der Waals surface area contributed by atoms with Gasteiger partial charge in [-0.05, 0) is 45.8 Å². The summed E-state index contributed by atoms with van der Waals surface area (Å²) >= 11 is 0. The van der Waals surface area contributed by atoms with Crippen molar-refractivity contribution in [1.82, 2.24) is 4.90 Å². The van der Waals surface area contributed by atoms with E-state index in [1.54, 1.807) is 6.92 Å². The van der Waals surface area contributed by atoms with Gasteiger partial charge in [0.05, 0.1) is 6.61 Å². The normalized spacial score (nSPS) is 19.3. The smallest absolute Gasteiger partial charge is 0.328 e. The van der Waals surface area contributed by atoms with E-state index in [9.17, 15) is 9.90 Å². The van der Waals surface area contributed by atoms with Crippen LogP contribution in [0.25, 0.3) is 0 Å². The van der Waals surface area contributed by atoms with Gasteiger partial charge in [-0.1, -0.05) is 24.6 Å². The Morgan fingerprint density at radius 3 is 2.55 bits per heavy atom. The van der Waals surface area contributed by atoms with Gasteiger partial charge in [0.2, 0.25) is 0 Å². The zero-order valence-electron chi connectivity index (χ0n) is 12.3. The molecular weight excluding hydrogens is 254 g/mol. The van der Waals surface area contributed by atoms with Crippen molar-refractivity contribution >= 4 is 5.97 Å². The number of carboxylic acids is 1. The minimum atomic E-state index is -1.02. The van der Waals surface area contributed by atoms with Crippen molar-refractivity contribution in [1.29, 1.82) is 0 Å². The standard InChI is InChI=1S/C16H23NO3/c1-3-20-14-10-6-5-9-13(14)16(2,15(18)19)17-11-7-4-8-12-17/h5-6,9-10H,3-4,7-8,11-12H2,1-2H3,(H,18,19). The maximum absolute atomic E-state index is 12.0. The number of nitrogens with zero attached hydrogens (tertiary/aromatic N) is 1. The molecule has 20 heavy (non-hydrogen) atoms. The Hall–Kier alpha value is -1.55. The lowest BCUT2D eigenvalue weighted by atomic mass is 9.87. The summed E-state index contributed by atoms with van der Waals surface area (Å²) in [6.07, 6.45) is 3.29. The van der Waals surface area contributed by atoms with Gasteiger partial charge in [0, 0.05) is 5.56 Å². The number of hydrogen-bond donors (Lipinski definition) is 1. The number of benzene rings is 1. The Kier molecular flexibility index (Phi) is 4.65. The quantitative estimate of drug-likeness (QED) is 0.899. The molecule has 0 spiro atoms. The zero-order chi connectivity index (χ0) is 14.6. The number of aliphatic carboxylic acids is 1. The predicted molar refractivity (Wildman–Crippen MR) is 78.0 cm³/mol. The number of piperidine rings is 1. The first-order valence-corrected chi connectivity index (χ1v) is 7.31. The molecule has 0 bridgehead atoms. The third-order valence-electron chi connectivity index (χ3n) is 4.12. The number of likely N-dealkylation sites (tertiary alicyclic amines) is 1. The van der Waals surface area contributed by atoms with Crippen molar-refractivity contribution in [2.75, 3.05) is 19.7 Å². The molecule has 0 radical (unpaired) electrons. The number of rotatable bonds is 5. The lowest BCUT2D eigenvalue weighted by Gasteiger charge is -2.41. The largest absolute Gasteiger partial charge is 0.494 e. The first-order chi connectivity index (χ1) is 9.60. The van der Waals surface area contributed by atoms with Gasteiger partial charge in [-0.25, -0.2) is 4.79 Å². The molecule has 1 saturated heterocycles. The highest BCUT2D eigenvalue weighted by Gasteiger charge is 2.43. The second-order valence-corrected chi connectivity index (χ2v) is 5.35. The van der Waals surface area contributed by atoms with Crippen LogP contribution in [-0.4, -0.2) is 35.7 Å². The minimum absolute atomic E-state index is 0.534. The lowest BCUT2D eigenvalue weighted by Crippen LogP contribution is -2.52. The van der Waals surface area contributed by atoms with Crippen molar-refractivity contribution in [3.8, 4) is 5.75 Å². The molecule has 0 amide bonds. The lowest BCUT2D eigenvalue weighted by molar-refractivity contribution is -0.152. The number of ether oxygens (including phenoxy) is 1. The molecule has 2 rings (SSSR count). The molecule has 4 heteroatoms. The van der Waals surface area contributed by atoms with E-state index in [2.05, 4.69) is 4.90 Å². The van der Waals surface area contributed by atoms with E-state index < -0.39 is 11.5 Å². The number of carboxylic acid groups (broad SMARTS) is 1. The fourth-order valence-corrected chi connectivity index (χ4v) is 2.91. The molecule has 0 aromatic heterocycles. The van der Waals surface area contributed by atoms with Gasteiger partial charge in [0.1, 0.15) is 11.3 Å². The first kappa shape index (κ1) is 14.9. The van der Waals surface area contributed by atoms with Crippen LogP contribution in [0, 0.1) is 0 Å². The van der Waals surface area contributed by atoms with Crippen LogP contribution in [0.5, 0.6) is 5.75 Å². The molecule has 1 heterocycles. The third kappa shape index (κ3) is 2.66. The Bertz CT molecular complexity index is 469. The SMILES string of the molecule is CCOc1ccccc1C(C)(C(=O)O)N1CCCCC1. The van der Waals surface area contributed by atoms with Crippen molar-refractivity contribution < 1.29 is 14.6 Å². The molecule has 1 fully saturated rings. The third-order valence-corrected chi connectivity index (χ3v) is 4.12. The Labute approximate surface area is 120 Å². The molecule has 1 aromatic carbocycles. The van der Waals surface area contributed by atoms with Crippen LogP contribution in [0.15, 0.2) is 24.3 Å². The molecule has 0 saturated carbocycles. The second-order valence-electron chi connectivity index (χ2n) is 5.35. The van der Waals surface area contributed by atoms with Crippen LogP contribution in [0.1, 0.15) is 38.7 Å². The molecule has 4 nitrogen and oxygen atoms in total. The van der Waals surface area contributed by atoms with Crippen LogP contribution in [0.4, 0.5) is 0 Å². The van der Waals surface area contributed by atoms with Gasteiger partial charge in [0.25, 0.3) is 0 Å². The topological polar surface area (TPSA) is 49.8 Å². The van der Waals surface area contributed by atoms with Crippen molar-refractivity contribution in [3.05, 3.63) is 29.8 Å². The molecule has 1 aliphatic rings. The second kappa shape index (κ2) is 6.27. The van der Waals surface area contributed by atoms with Gasteiger partial charge in [-0.3, -0.25) is 4.90 Å². The molecule has 1 aromatic rings. The van der Waals surface area contributed by atoms with Crippen LogP contribution >= 0.6 is 0 Å². The Morgan fingerprint density at radius 1 is 1.30 bits per heavy atom. The zero-order valence-corrected chi connectivity index (χ0v) is 12.3. The maximum atomic E-state index is 12.0. The van der Waals surface area contributed by atoms with Gasteiger partial charge < -0.3 is 9.84 Å². The fraction of sp³-hybridized carbons (Fsp3) is 0.562. The summed E-state index contributed by atoms with van der Waals surface area (Å²) in [6, 6.07) is 7.48. The summed E-state index contributed by atoms with van der Waals surface area (Å²) in [4.78, 5) is 14.0. The summed E-state index contributed by atoms with van der Waals surface area (Å²) < 4.78 is 5.63. The van der Waals surface area contributed by atoms with Crippen molar-refractivity contribution in [2.24, 2.45) is 0 Å². The van der Waals surface area contributed by atoms with E-state index in [-0.39, 0.29) is 0 Å². The summed E-state index contributed by atoms with van der Waals surface area (Å²) in [7, 11) is 0. The number of para-hydroxylation sites is 1. The molecule has 1 unspecified atom stereocenters. The van der Waals surface area contributed by atoms with E-state index in [4.69, 9.17) is 4.74 Å². The highest BCUT2D eigenvalue weighted by atomic mass is 16.5. The molecule has 1 atom stereocenters. The van der Waals surface area contributed by atoms with E-state index >= 15 is 0 Å². The van der Waals surface area contributed by atoms with E-state index in [0.717, 1.165) is 31.5 Å².